The number of ether oxygens (including phenoxy) is 1. The molecule has 2 atom stereocenters. The Hall–Kier alpha value is -1.74. The van der Waals surface area contributed by atoms with E-state index in [-0.39, 0.29) is 5.69 Å². The van der Waals surface area contributed by atoms with E-state index in [9.17, 15) is 4.79 Å². The average Bonchev–Trinajstić information content (AvgIpc) is 3.05. The minimum atomic E-state index is -0.499. The van der Waals surface area contributed by atoms with Gasteiger partial charge in [-0.2, -0.15) is 5.26 Å². The largest absolute Gasteiger partial charge is 0.465 e. The summed E-state index contributed by atoms with van der Waals surface area (Å²) in [4.78, 5) is 12.0. The summed E-state index contributed by atoms with van der Waals surface area (Å²) in [5.74, 6) is 0.144. The molecule has 3 N–H and O–H groups in total. The Balaban J connectivity index is 2.28. The van der Waals surface area contributed by atoms with E-state index >= 15 is 0 Å². The summed E-state index contributed by atoms with van der Waals surface area (Å²) in [5.41, 5.74) is 6.31. The number of carbonyl (C=O) groups is 1. The average molecular weight is 265 g/mol. The summed E-state index contributed by atoms with van der Waals surface area (Å²) >= 11 is 1.21. The first-order valence-corrected chi connectivity index (χ1v) is 6.61. The first kappa shape index (κ1) is 12.7. The Kier molecular flexibility index (Phi) is 3.43. The summed E-state index contributed by atoms with van der Waals surface area (Å²) < 4.78 is 4.71. The Morgan fingerprint density at radius 3 is 2.94 bits per heavy atom. The van der Waals surface area contributed by atoms with Crippen LogP contribution < -0.4 is 11.1 Å². The number of nitrogens with two attached hydrogens (primary N) is 1. The fourth-order valence-electron chi connectivity index (χ4n) is 1.98. The Labute approximate surface area is 110 Å². The lowest BCUT2D eigenvalue weighted by molar-refractivity contribution is 0.0603. The topological polar surface area (TPSA) is 88.1 Å². The van der Waals surface area contributed by atoms with Gasteiger partial charge in [-0.05, 0) is 12.3 Å². The highest BCUT2D eigenvalue weighted by atomic mass is 32.1. The number of nitrogen functional groups attached to an aromatic ring is 1. The van der Waals surface area contributed by atoms with Crippen molar-refractivity contribution in [3.05, 3.63) is 10.4 Å². The fraction of sp³-hybridized carbons (Fsp3) is 0.500. The number of nitrogens with zero attached hydrogens (tertiary/aromatic N) is 1. The Morgan fingerprint density at radius 1 is 1.72 bits per heavy atom. The normalized spacial score (nSPS) is 21.2. The maximum Gasteiger partial charge on any atom is 0.343 e. The molecule has 0 saturated heterocycles. The number of methoxy groups -OCH3 is 1. The van der Waals surface area contributed by atoms with Crippen molar-refractivity contribution >= 4 is 28.0 Å². The fourth-order valence-corrected chi connectivity index (χ4v) is 2.94. The van der Waals surface area contributed by atoms with E-state index in [0.717, 1.165) is 12.8 Å². The van der Waals surface area contributed by atoms with Gasteiger partial charge >= 0.3 is 5.97 Å². The summed E-state index contributed by atoms with van der Waals surface area (Å²) in [6.45, 7) is 2.14. The number of nitriles is 1. The third-order valence-electron chi connectivity index (χ3n) is 3.20. The van der Waals surface area contributed by atoms with Gasteiger partial charge in [-0.1, -0.05) is 13.3 Å². The second kappa shape index (κ2) is 4.86. The van der Waals surface area contributed by atoms with E-state index in [2.05, 4.69) is 12.2 Å². The molecule has 1 heterocycles. The molecule has 1 aromatic heterocycles. The van der Waals surface area contributed by atoms with Crippen molar-refractivity contribution in [2.45, 2.75) is 25.8 Å². The van der Waals surface area contributed by atoms with Crippen LogP contribution in [0.15, 0.2) is 0 Å². The highest BCUT2D eigenvalue weighted by molar-refractivity contribution is 7.17. The maximum absolute atomic E-state index is 11.7. The molecule has 0 aliphatic heterocycles. The van der Waals surface area contributed by atoms with E-state index in [0.29, 0.717) is 27.4 Å². The second-order valence-electron chi connectivity index (χ2n) is 4.31. The molecule has 2 unspecified atom stereocenters. The summed E-state index contributed by atoms with van der Waals surface area (Å²) in [6.07, 6.45) is 2.20. The molecular weight excluding hydrogens is 250 g/mol. The van der Waals surface area contributed by atoms with Crippen molar-refractivity contribution in [3.63, 3.8) is 0 Å². The zero-order chi connectivity index (χ0) is 13.3. The molecule has 1 aliphatic rings. The Morgan fingerprint density at radius 2 is 2.44 bits per heavy atom. The molecule has 0 spiro atoms. The van der Waals surface area contributed by atoms with Crippen LogP contribution in [0.1, 0.15) is 35.0 Å². The van der Waals surface area contributed by atoms with Crippen LogP contribution in [-0.4, -0.2) is 19.1 Å². The van der Waals surface area contributed by atoms with Crippen LogP contribution in [-0.2, 0) is 4.74 Å². The van der Waals surface area contributed by atoms with E-state index in [1.54, 1.807) is 0 Å². The minimum absolute atomic E-state index is 0.213. The van der Waals surface area contributed by atoms with Crippen LogP contribution in [0.5, 0.6) is 0 Å². The molecule has 0 radical (unpaired) electrons. The SMILES string of the molecule is CCC1CC1Nc1sc(C#N)c(N)c1C(=O)OC. The van der Waals surface area contributed by atoms with Gasteiger partial charge < -0.3 is 15.8 Å². The molecule has 96 valence electrons. The van der Waals surface area contributed by atoms with Crippen LogP contribution in [0.3, 0.4) is 0 Å². The molecule has 1 aromatic rings. The van der Waals surface area contributed by atoms with Gasteiger partial charge in [0.15, 0.2) is 0 Å². The van der Waals surface area contributed by atoms with Crippen molar-refractivity contribution < 1.29 is 9.53 Å². The standard InChI is InChI=1S/C12H15N3O2S/c1-3-6-4-7(6)15-11-9(12(16)17-2)10(14)8(5-13)18-11/h6-7,15H,3-4,14H2,1-2H3. The quantitative estimate of drug-likeness (QED) is 0.815. The smallest absolute Gasteiger partial charge is 0.343 e. The van der Waals surface area contributed by atoms with Gasteiger partial charge in [0.05, 0.1) is 12.8 Å². The van der Waals surface area contributed by atoms with Gasteiger partial charge in [-0.3, -0.25) is 0 Å². The molecule has 0 bridgehead atoms. The monoisotopic (exact) mass is 265 g/mol. The molecule has 1 fully saturated rings. The molecular formula is C12H15N3O2S. The second-order valence-corrected chi connectivity index (χ2v) is 5.33. The Bertz CT molecular complexity index is 518. The first-order chi connectivity index (χ1) is 8.62. The molecule has 18 heavy (non-hydrogen) atoms. The number of hydrogen-bond acceptors (Lipinski definition) is 6. The third kappa shape index (κ3) is 2.14. The highest BCUT2D eigenvalue weighted by Crippen LogP contribution is 2.42. The zero-order valence-corrected chi connectivity index (χ0v) is 11.1. The van der Waals surface area contributed by atoms with E-state index < -0.39 is 5.97 Å². The maximum atomic E-state index is 11.7. The summed E-state index contributed by atoms with van der Waals surface area (Å²) in [5, 5.41) is 12.9. The molecule has 0 amide bonds. The van der Waals surface area contributed by atoms with Crippen molar-refractivity contribution in [1.82, 2.24) is 0 Å². The zero-order valence-electron chi connectivity index (χ0n) is 10.3. The number of carbonyl (C=O) groups excluding carboxylic acids is 1. The highest BCUT2D eigenvalue weighted by Gasteiger charge is 2.37. The van der Waals surface area contributed by atoms with Gasteiger partial charge in [0.2, 0.25) is 0 Å². The van der Waals surface area contributed by atoms with E-state index in [4.69, 9.17) is 15.7 Å². The summed E-state index contributed by atoms with van der Waals surface area (Å²) in [7, 11) is 1.31. The van der Waals surface area contributed by atoms with Gasteiger partial charge in [0.1, 0.15) is 21.5 Å². The van der Waals surface area contributed by atoms with Crippen molar-refractivity contribution in [2.24, 2.45) is 5.92 Å². The summed E-state index contributed by atoms with van der Waals surface area (Å²) in [6, 6.07) is 2.38. The van der Waals surface area contributed by atoms with Gasteiger partial charge in [0, 0.05) is 6.04 Å². The lowest BCUT2D eigenvalue weighted by atomic mass is 10.2. The first-order valence-electron chi connectivity index (χ1n) is 5.79. The van der Waals surface area contributed by atoms with Crippen molar-refractivity contribution in [3.8, 4) is 6.07 Å². The minimum Gasteiger partial charge on any atom is -0.465 e. The van der Waals surface area contributed by atoms with Gasteiger partial charge in [-0.25, -0.2) is 4.79 Å². The predicted octanol–water partition coefficient (Wildman–Crippen LogP) is 2.20. The van der Waals surface area contributed by atoms with E-state index in [1.165, 1.54) is 18.4 Å². The van der Waals surface area contributed by atoms with Crippen molar-refractivity contribution in [2.75, 3.05) is 18.2 Å². The molecule has 1 saturated carbocycles. The molecule has 6 heteroatoms. The third-order valence-corrected chi connectivity index (χ3v) is 4.24. The lowest BCUT2D eigenvalue weighted by Crippen LogP contribution is -2.10. The lowest BCUT2D eigenvalue weighted by Gasteiger charge is -2.05. The number of nitrogens with one attached hydrogen (secondary N) is 1. The number of thiophene rings is 1. The number of esters is 1. The molecule has 5 nitrogen and oxygen atoms in total. The molecule has 1 aliphatic carbocycles. The van der Waals surface area contributed by atoms with Crippen molar-refractivity contribution in [1.29, 1.82) is 5.26 Å². The van der Waals surface area contributed by atoms with Crippen LogP contribution in [0.4, 0.5) is 10.7 Å². The van der Waals surface area contributed by atoms with Crippen LogP contribution in [0.25, 0.3) is 0 Å². The van der Waals surface area contributed by atoms with E-state index in [1.807, 2.05) is 6.07 Å². The van der Waals surface area contributed by atoms with Crippen LogP contribution in [0.2, 0.25) is 0 Å². The van der Waals surface area contributed by atoms with Gasteiger partial charge in [0.25, 0.3) is 0 Å². The number of hydrogen-bond donors (Lipinski definition) is 2. The predicted molar refractivity (Wildman–Crippen MR) is 70.6 cm³/mol. The number of rotatable bonds is 4. The van der Waals surface area contributed by atoms with Crippen LogP contribution in [0, 0.1) is 17.2 Å². The number of anilines is 2. The molecule has 0 aromatic carbocycles. The molecule has 2 rings (SSSR count). The van der Waals surface area contributed by atoms with Gasteiger partial charge in [-0.15, -0.1) is 11.3 Å². The van der Waals surface area contributed by atoms with Crippen LogP contribution >= 0.6 is 11.3 Å².